The molecular formula is C18H16FN3O2. The van der Waals surface area contributed by atoms with E-state index >= 15 is 0 Å². The number of anilines is 1. The summed E-state index contributed by atoms with van der Waals surface area (Å²) in [5.74, 6) is 1.24. The molecule has 0 saturated carbocycles. The van der Waals surface area contributed by atoms with Gasteiger partial charge in [0.1, 0.15) is 17.3 Å². The third-order valence-electron chi connectivity index (χ3n) is 3.27. The standard InChI is InChI=1S/C18H16FN3O2/c19-14-4-6-16(7-5-14)24-17-9-11-21-18(22-17)20-10-8-13-2-1-3-15(23)12-13/h1-7,9,11-12,23H,8,10H2,(H,20,21,22). The summed E-state index contributed by atoms with van der Waals surface area (Å²) in [6.45, 7) is 0.615. The number of rotatable bonds is 6. The number of hydrogen-bond acceptors (Lipinski definition) is 5. The van der Waals surface area contributed by atoms with Crippen LogP contribution >= 0.6 is 0 Å². The van der Waals surface area contributed by atoms with Gasteiger partial charge >= 0.3 is 0 Å². The highest BCUT2D eigenvalue weighted by atomic mass is 19.1. The predicted octanol–water partition coefficient (Wildman–Crippen LogP) is 3.77. The molecule has 0 aliphatic carbocycles. The molecule has 1 heterocycles. The van der Waals surface area contributed by atoms with Crippen LogP contribution in [0, 0.1) is 5.82 Å². The lowest BCUT2D eigenvalue weighted by molar-refractivity contribution is 0.460. The molecule has 3 rings (SSSR count). The maximum absolute atomic E-state index is 12.9. The topological polar surface area (TPSA) is 67.3 Å². The number of ether oxygens (including phenoxy) is 1. The predicted molar refractivity (Wildman–Crippen MR) is 88.8 cm³/mol. The Balaban J connectivity index is 1.57. The van der Waals surface area contributed by atoms with E-state index in [0.717, 1.165) is 12.0 Å². The molecule has 0 radical (unpaired) electrons. The molecule has 122 valence electrons. The minimum Gasteiger partial charge on any atom is -0.508 e. The molecule has 2 N–H and O–H groups in total. The van der Waals surface area contributed by atoms with Gasteiger partial charge in [0.2, 0.25) is 11.8 Å². The zero-order valence-corrected chi connectivity index (χ0v) is 12.8. The fourth-order valence-corrected chi connectivity index (χ4v) is 2.14. The normalized spacial score (nSPS) is 10.4. The number of hydrogen-bond donors (Lipinski definition) is 2. The van der Waals surface area contributed by atoms with Crippen molar-refractivity contribution in [2.75, 3.05) is 11.9 Å². The Hall–Kier alpha value is -3.15. The molecular weight excluding hydrogens is 309 g/mol. The fourth-order valence-electron chi connectivity index (χ4n) is 2.14. The van der Waals surface area contributed by atoms with Crippen molar-refractivity contribution in [3.8, 4) is 17.4 Å². The maximum atomic E-state index is 12.9. The molecule has 0 atom stereocenters. The summed E-state index contributed by atoms with van der Waals surface area (Å²) in [4.78, 5) is 8.38. The number of aromatic nitrogens is 2. The zero-order valence-electron chi connectivity index (χ0n) is 12.8. The average molecular weight is 325 g/mol. The van der Waals surface area contributed by atoms with Gasteiger partial charge in [-0.15, -0.1) is 0 Å². The molecule has 1 aromatic heterocycles. The second-order valence-electron chi connectivity index (χ2n) is 5.12. The van der Waals surface area contributed by atoms with E-state index in [1.807, 2.05) is 6.07 Å². The molecule has 0 bridgehead atoms. The quantitative estimate of drug-likeness (QED) is 0.722. The van der Waals surface area contributed by atoms with Gasteiger partial charge in [0.05, 0.1) is 0 Å². The first-order chi connectivity index (χ1) is 11.7. The van der Waals surface area contributed by atoms with Crippen LogP contribution in [0.15, 0.2) is 60.8 Å². The summed E-state index contributed by atoms with van der Waals surface area (Å²) in [5, 5.41) is 12.5. The number of aromatic hydroxyl groups is 1. The van der Waals surface area contributed by atoms with Gasteiger partial charge in [-0.2, -0.15) is 4.98 Å². The molecule has 5 nitrogen and oxygen atoms in total. The Morgan fingerprint density at radius 1 is 1.08 bits per heavy atom. The van der Waals surface area contributed by atoms with Gasteiger partial charge in [0.15, 0.2) is 0 Å². The largest absolute Gasteiger partial charge is 0.508 e. The second-order valence-corrected chi connectivity index (χ2v) is 5.12. The summed E-state index contributed by atoms with van der Waals surface area (Å²) in [6, 6.07) is 14.4. The maximum Gasteiger partial charge on any atom is 0.225 e. The smallest absolute Gasteiger partial charge is 0.225 e. The molecule has 6 heteroatoms. The highest BCUT2D eigenvalue weighted by Gasteiger charge is 2.03. The number of phenolic OH excluding ortho intramolecular Hbond substituents is 1. The Labute approximate surface area is 138 Å². The summed E-state index contributed by atoms with van der Waals surface area (Å²) in [7, 11) is 0. The molecule has 3 aromatic rings. The summed E-state index contributed by atoms with van der Waals surface area (Å²) < 4.78 is 18.5. The van der Waals surface area contributed by atoms with Crippen molar-refractivity contribution < 1.29 is 14.2 Å². The van der Waals surface area contributed by atoms with Gasteiger partial charge in [-0.05, 0) is 48.4 Å². The molecule has 0 aliphatic heterocycles. The van der Waals surface area contributed by atoms with Crippen molar-refractivity contribution in [2.24, 2.45) is 0 Å². The van der Waals surface area contributed by atoms with E-state index < -0.39 is 0 Å². The van der Waals surface area contributed by atoms with Crippen LogP contribution in [0.4, 0.5) is 10.3 Å². The van der Waals surface area contributed by atoms with E-state index in [4.69, 9.17) is 4.74 Å². The van der Waals surface area contributed by atoms with E-state index in [1.165, 1.54) is 24.3 Å². The average Bonchev–Trinajstić information content (AvgIpc) is 2.58. The lowest BCUT2D eigenvalue weighted by atomic mass is 10.1. The summed E-state index contributed by atoms with van der Waals surface area (Å²) >= 11 is 0. The van der Waals surface area contributed by atoms with E-state index in [1.54, 1.807) is 30.5 Å². The third kappa shape index (κ3) is 4.42. The molecule has 0 aliphatic rings. The van der Waals surface area contributed by atoms with Crippen LogP contribution in [-0.2, 0) is 6.42 Å². The number of nitrogens with zero attached hydrogens (tertiary/aromatic N) is 2. The van der Waals surface area contributed by atoms with Crippen molar-refractivity contribution in [3.05, 3.63) is 72.2 Å². The molecule has 0 amide bonds. The van der Waals surface area contributed by atoms with Crippen LogP contribution in [0.25, 0.3) is 0 Å². The van der Waals surface area contributed by atoms with Crippen LogP contribution in [0.5, 0.6) is 17.4 Å². The van der Waals surface area contributed by atoms with Gasteiger partial charge in [-0.3, -0.25) is 0 Å². The number of phenols is 1. The highest BCUT2D eigenvalue weighted by molar-refractivity contribution is 5.32. The zero-order chi connectivity index (χ0) is 16.8. The fraction of sp³-hybridized carbons (Fsp3) is 0.111. The van der Waals surface area contributed by atoms with E-state index in [-0.39, 0.29) is 11.6 Å². The second kappa shape index (κ2) is 7.41. The van der Waals surface area contributed by atoms with Crippen LogP contribution in [0.1, 0.15) is 5.56 Å². The van der Waals surface area contributed by atoms with E-state index in [0.29, 0.717) is 24.1 Å². The monoisotopic (exact) mass is 325 g/mol. The van der Waals surface area contributed by atoms with E-state index in [2.05, 4.69) is 15.3 Å². The van der Waals surface area contributed by atoms with Gasteiger partial charge in [-0.25, -0.2) is 9.37 Å². The van der Waals surface area contributed by atoms with Gasteiger partial charge in [-0.1, -0.05) is 12.1 Å². The van der Waals surface area contributed by atoms with Crippen molar-refractivity contribution in [1.29, 1.82) is 0 Å². The molecule has 0 spiro atoms. The first-order valence-electron chi connectivity index (χ1n) is 7.47. The Morgan fingerprint density at radius 3 is 2.71 bits per heavy atom. The number of halogens is 1. The van der Waals surface area contributed by atoms with Crippen LogP contribution in [0.3, 0.4) is 0 Å². The van der Waals surface area contributed by atoms with Crippen LogP contribution in [-0.4, -0.2) is 21.6 Å². The third-order valence-corrected chi connectivity index (χ3v) is 3.27. The Kier molecular flexibility index (Phi) is 4.86. The number of nitrogens with one attached hydrogen (secondary N) is 1. The van der Waals surface area contributed by atoms with Crippen LogP contribution in [0.2, 0.25) is 0 Å². The summed E-state index contributed by atoms with van der Waals surface area (Å²) in [5.41, 5.74) is 1.02. The molecule has 0 fully saturated rings. The molecule has 2 aromatic carbocycles. The van der Waals surface area contributed by atoms with Gasteiger partial charge in [0, 0.05) is 18.8 Å². The highest BCUT2D eigenvalue weighted by Crippen LogP contribution is 2.20. The first kappa shape index (κ1) is 15.7. The lowest BCUT2D eigenvalue weighted by Gasteiger charge is -2.08. The van der Waals surface area contributed by atoms with Crippen molar-refractivity contribution in [1.82, 2.24) is 9.97 Å². The number of benzene rings is 2. The van der Waals surface area contributed by atoms with Crippen molar-refractivity contribution in [2.45, 2.75) is 6.42 Å². The molecule has 0 saturated heterocycles. The van der Waals surface area contributed by atoms with Crippen molar-refractivity contribution >= 4 is 5.95 Å². The SMILES string of the molecule is Oc1cccc(CCNc2nccc(Oc3ccc(F)cc3)n2)c1. The lowest BCUT2D eigenvalue weighted by Crippen LogP contribution is -2.08. The van der Waals surface area contributed by atoms with Crippen molar-refractivity contribution in [3.63, 3.8) is 0 Å². The minimum atomic E-state index is -0.320. The Bertz CT molecular complexity index is 809. The minimum absolute atomic E-state index is 0.249. The summed E-state index contributed by atoms with van der Waals surface area (Å²) in [6.07, 6.45) is 2.31. The van der Waals surface area contributed by atoms with Gasteiger partial charge < -0.3 is 15.2 Å². The van der Waals surface area contributed by atoms with Gasteiger partial charge in [0.25, 0.3) is 0 Å². The Morgan fingerprint density at radius 2 is 1.92 bits per heavy atom. The van der Waals surface area contributed by atoms with Crippen LogP contribution < -0.4 is 10.1 Å². The first-order valence-corrected chi connectivity index (χ1v) is 7.47. The molecule has 0 unspecified atom stereocenters. The van der Waals surface area contributed by atoms with E-state index in [9.17, 15) is 9.50 Å². The molecule has 24 heavy (non-hydrogen) atoms.